The van der Waals surface area contributed by atoms with E-state index in [2.05, 4.69) is 0 Å². The Hall–Kier alpha value is -3.77. The fourth-order valence-electron chi connectivity index (χ4n) is 4.27. The largest absolute Gasteiger partial charge is 0.507 e. The quantitative estimate of drug-likeness (QED) is 0.294. The fraction of sp³-hybridized carbons (Fsp3) is 0.185. The highest BCUT2D eigenvalue weighted by molar-refractivity contribution is 6.52. The van der Waals surface area contributed by atoms with Crippen LogP contribution in [0.5, 0.6) is 11.5 Å². The van der Waals surface area contributed by atoms with E-state index in [4.69, 9.17) is 21.1 Å². The van der Waals surface area contributed by atoms with Crippen LogP contribution in [0.15, 0.2) is 66.2 Å². The number of rotatable bonds is 5. The molecule has 1 fully saturated rings. The summed E-state index contributed by atoms with van der Waals surface area (Å²) in [6.45, 7) is 3.83. The van der Waals surface area contributed by atoms with E-state index in [1.165, 1.54) is 25.2 Å². The zero-order valence-corrected chi connectivity index (χ0v) is 20.0. The Labute approximate surface area is 203 Å². The zero-order valence-electron chi connectivity index (χ0n) is 19.3. The van der Waals surface area contributed by atoms with Gasteiger partial charge in [0.1, 0.15) is 17.3 Å². The Balaban J connectivity index is 2.06. The first-order valence-electron chi connectivity index (χ1n) is 10.6. The van der Waals surface area contributed by atoms with Crippen molar-refractivity contribution in [2.75, 3.05) is 19.1 Å². The normalized spacial score (nSPS) is 17.2. The van der Waals surface area contributed by atoms with Crippen LogP contribution in [-0.2, 0) is 9.59 Å². The van der Waals surface area contributed by atoms with Crippen LogP contribution in [0.25, 0.3) is 5.76 Å². The first kappa shape index (κ1) is 23.4. The van der Waals surface area contributed by atoms with Crippen LogP contribution < -0.4 is 14.4 Å². The number of halogens is 1. The first-order valence-corrected chi connectivity index (χ1v) is 11.0. The van der Waals surface area contributed by atoms with Gasteiger partial charge < -0.3 is 14.6 Å². The number of aliphatic hydroxyl groups is 1. The SMILES string of the molecule is COc1ccc(Cl)cc1/C(O)=C1\C(=O)C(=O)N(c2cccc(C)c2C)C1c1ccccc1OC. The number of Topliss-reactive ketones (excluding diaryl/α,β-unsaturated/α-hetero) is 1. The second-order valence-electron chi connectivity index (χ2n) is 7.97. The molecule has 3 aromatic carbocycles. The molecule has 0 aliphatic carbocycles. The lowest BCUT2D eigenvalue weighted by Gasteiger charge is -2.28. The van der Waals surface area contributed by atoms with E-state index in [-0.39, 0.29) is 16.9 Å². The molecule has 0 spiro atoms. The molecule has 1 atom stereocenters. The maximum Gasteiger partial charge on any atom is 0.300 e. The second kappa shape index (κ2) is 9.23. The monoisotopic (exact) mass is 477 g/mol. The predicted octanol–water partition coefficient (Wildman–Crippen LogP) is 5.60. The zero-order chi connectivity index (χ0) is 24.6. The van der Waals surface area contributed by atoms with Gasteiger partial charge in [0.2, 0.25) is 0 Å². The van der Waals surface area contributed by atoms with Crippen LogP contribution in [0.4, 0.5) is 5.69 Å². The number of ketones is 1. The number of aliphatic hydroxyl groups excluding tert-OH is 1. The van der Waals surface area contributed by atoms with Gasteiger partial charge in [0.15, 0.2) is 0 Å². The summed E-state index contributed by atoms with van der Waals surface area (Å²) >= 11 is 6.18. The number of hydrogen-bond acceptors (Lipinski definition) is 5. The van der Waals surface area contributed by atoms with Crippen LogP contribution >= 0.6 is 11.6 Å². The summed E-state index contributed by atoms with van der Waals surface area (Å²) in [5.41, 5.74) is 3.10. The molecule has 1 N–H and O–H groups in total. The number of benzene rings is 3. The molecule has 7 heteroatoms. The molecule has 0 radical (unpaired) electrons. The van der Waals surface area contributed by atoms with E-state index in [9.17, 15) is 14.7 Å². The lowest BCUT2D eigenvalue weighted by Crippen LogP contribution is -2.30. The second-order valence-corrected chi connectivity index (χ2v) is 8.41. The minimum absolute atomic E-state index is 0.0732. The van der Waals surface area contributed by atoms with Gasteiger partial charge in [0.05, 0.1) is 31.4 Å². The molecule has 1 aliphatic rings. The standard InChI is InChI=1S/C27H24ClNO5/c1-15-8-7-10-20(16(15)2)29-24(18-9-5-6-11-21(18)33-3)23(26(31)27(29)32)25(30)19-14-17(28)12-13-22(19)34-4/h5-14,24,30H,1-4H3/b25-23+. The summed E-state index contributed by atoms with van der Waals surface area (Å²) in [6, 6.07) is 16.4. The van der Waals surface area contributed by atoms with Crippen molar-refractivity contribution in [1.82, 2.24) is 0 Å². The third-order valence-electron chi connectivity index (χ3n) is 6.13. The highest BCUT2D eigenvalue weighted by Crippen LogP contribution is 2.46. The molecule has 1 amide bonds. The highest BCUT2D eigenvalue weighted by atomic mass is 35.5. The van der Waals surface area contributed by atoms with Crippen molar-refractivity contribution in [3.63, 3.8) is 0 Å². The lowest BCUT2D eigenvalue weighted by molar-refractivity contribution is -0.132. The van der Waals surface area contributed by atoms with E-state index >= 15 is 0 Å². The molecule has 4 rings (SSSR count). The van der Waals surface area contributed by atoms with Gasteiger partial charge in [0.25, 0.3) is 11.7 Å². The average molecular weight is 478 g/mol. The number of carbonyl (C=O) groups excluding carboxylic acids is 2. The maximum absolute atomic E-state index is 13.5. The van der Waals surface area contributed by atoms with Crippen molar-refractivity contribution in [1.29, 1.82) is 0 Å². The van der Waals surface area contributed by atoms with E-state index < -0.39 is 17.7 Å². The van der Waals surface area contributed by atoms with Crippen molar-refractivity contribution < 1.29 is 24.2 Å². The van der Waals surface area contributed by atoms with Crippen molar-refractivity contribution in [2.45, 2.75) is 19.9 Å². The molecule has 1 unspecified atom stereocenters. The summed E-state index contributed by atoms with van der Waals surface area (Å²) in [7, 11) is 2.97. The number of para-hydroxylation sites is 1. The molecule has 0 saturated carbocycles. The van der Waals surface area contributed by atoms with Gasteiger partial charge in [-0.25, -0.2) is 0 Å². The van der Waals surface area contributed by atoms with E-state index in [0.29, 0.717) is 27.8 Å². The molecule has 0 bridgehead atoms. The number of methoxy groups -OCH3 is 2. The van der Waals surface area contributed by atoms with E-state index in [1.807, 2.05) is 26.0 Å². The van der Waals surface area contributed by atoms with Gasteiger partial charge in [-0.1, -0.05) is 41.9 Å². The van der Waals surface area contributed by atoms with Crippen molar-refractivity contribution in [2.24, 2.45) is 0 Å². The number of hydrogen-bond donors (Lipinski definition) is 1. The number of amides is 1. The first-order chi connectivity index (χ1) is 16.3. The topological polar surface area (TPSA) is 76.1 Å². The Kier molecular flexibility index (Phi) is 6.35. The number of nitrogens with zero attached hydrogens (tertiary/aromatic N) is 1. The molecule has 0 aromatic heterocycles. The number of anilines is 1. The Morgan fingerprint density at radius 3 is 2.35 bits per heavy atom. The third kappa shape index (κ3) is 3.80. The Morgan fingerprint density at radius 2 is 1.65 bits per heavy atom. The number of carbonyl (C=O) groups is 2. The highest BCUT2D eigenvalue weighted by Gasteiger charge is 2.48. The van der Waals surface area contributed by atoms with E-state index in [1.54, 1.807) is 42.5 Å². The number of aryl methyl sites for hydroxylation is 1. The summed E-state index contributed by atoms with van der Waals surface area (Å²) in [5.74, 6) is -1.13. The molecule has 6 nitrogen and oxygen atoms in total. The molecule has 1 saturated heterocycles. The maximum atomic E-state index is 13.5. The van der Waals surface area contributed by atoms with Crippen LogP contribution in [-0.4, -0.2) is 31.0 Å². The third-order valence-corrected chi connectivity index (χ3v) is 6.37. The summed E-state index contributed by atoms with van der Waals surface area (Å²) in [5, 5.41) is 11.8. The smallest absolute Gasteiger partial charge is 0.300 e. The average Bonchev–Trinajstić information content (AvgIpc) is 3.10. The summed E-state index contributed by atoms with van der Waals surface area (Å²) in [4.78, 5) is 28.3. The van der Waals surface area contributed by atoms with Crippen LogP contribution in [0.1, 0.15) is 28.3 Å². The molecule has 34 heavy (non-hydrogen) atoms. The fourth-order valence-corrected chi connectivity index (χ4v) is 4.45. The molecular weight excluding hydrogens is 454 g/mol. The molecule has 174 valence electrons. The lowest BCUT2D eigenvalue weighted by atomic mass is 9.93. The Bertz CT molecular complexity index is 1330. The molecule has 1 heterocycles. The van der Waals surface area contributed by atoms with Gasteiger partial charge >= 0.3 is 0 Å². The summed E-state index contributed by atoms with van der Waals surface area (Å²) in [6.07, 6.45) is 0. The van der Waals surface area contributed by atoms with Gasteiger partial charge in [-0.3, -0.25) is 14.5 Å². The minimum Gasteiger partial charge on any atom is -0.507 e. The van der Waals surface area contributed by atoms with E-state index in [0.717, 1.165) is 11.1 Å². The van der Waals surface area contributed by atoms with Crippen LogP contribution in [0.3, 0.4) is 0 Å². The van der Waals surface area contributed by atoms with Crippen LogP contribution in [0, 0.1) is 13.8 Å². The van der Waals surface area contributed by atoms with Gasteiger partial charge in [-0.05, 0) is 55.3 Å². The van der Waals surface area contributed by atoms with Crippen molar-refractivity contribution in [3.05, 3.63) is 93.5 Å². The van der Waals surface area contributed by atoms with Gasteiger partial charge in [0, 0.05) is 16.3 Å². The molecular formula is C27H24ClNO5. The van der Waals surface area contributed by atoms with Crippen molar-refractivity contribution >= 4 is 34.7 Å². The van der Waals surface area contributed by atoms with Gasteiger partial charge in [-0.15, -0.1) is 0 Å². The molecule has 1 aliphatic heterocycles. The Morgan fingerprint density at radius 1 is 0.941 bits per heavy atom. The predicted molar refractivity (Wildman–Crippen MR) is 132 cm³/mol. The van der Waals surface area contributed by atoms with Crippen molar-refractivity contribution in [3.8, 4) is 11.5 Å². The molecule has 3 aromatic rings. The number of ether oxygens (including phenoxy) is 2. The minimum atomic E-state index is -0.930. The summed E-state index contributed by atoms with van der Waals surface area (Å²) < 4.78 is 11.0. The van der Waals surface area contributed by atoms with Crippen LogP contribution in [0.2, 0.25) is 5.02 Å². The van der Waals surface area contributed by atoms with Gasteiger partial charge in [-0.2, -0.15) is 0 Å².